The van der Waals surface area contributed by atoms with Gasteiger partial charge >= 0.3 is 202 Å². The standard InChI is InChI=1S/C30H17NO2Se/c32-29-23-15-18-7-1-2-8-19(18)16-24(23)30(33)25(29)17-20-13-14-28(34-20)31-26-11-5-3-9-21(26)22-10-4-6-12-27(22)31/h1-17H. The molecular formula is C30H17NO2Se. The van der Waals surface area contributed by atoms with E-state index in [2.05, 4.69) is 59.2 Å². The summed E-state index contributed by atoms with van der Waals surface area (Å²) in [5, 5.41) is 4.40. The van der Waals surface area contributed by atoms with Crippen molar-refractivity contribution in [2.45, 2.75) is 0 Å². The van der Waals surface area contributed by atoms with E-state index in [1.807, 2.05) is 48.5 Å². The Balaban J connectivity index is 1.34. The average molecular weight is 502 g/mol. The summed E-state index contributed by atoms with van der Waals surface area (Å²) in [5.74, 6) is -0.347. The van der Waals surface area contributed by atoms with E-state index in [4.69, 9.17) is 0 Å². The minimum atomic E-state index is -0.173. The molecule has 0 saturated carbocycles. The molecule has 34 heavy (non-hydrogen) atoms. The van der Waals surface area contributed by atoms with Crippen molar-refractivity contribution < 1.29 is 9.59 Å². The maximum absolute atomic E-state index is 13.2. The van der Waals surface area contributed by atoms with Crippen molar-refractivity contribution in [1.29, 1.82) is 0 Å². The number of para-hydroxylation sites is 2. The van der Waals surface area contributed by atoms with E-state index in [9.17, 15) is 9.59 Å². The van der Waals surface area contributed by atoms with Gasteiger partial charge in [0, 0.05) is 0 Å². The molecule has 0 amide bonds. The Hall–Kier alpha value is -3.98. The Morgan fingerprint density at radius 2 is 1.15 bits per heavy atom. The van der Waals surface area contributed by atoms with Crippen LogP contribution in [0.15, 0.2) is 103 Å². The fourth-order valence-corrected chi connectivity index (χ4v) is 7.04. The van der Waals surface area contributed by atoms with Gasteiger partial charge in [0.05, 0.1) is 0 Å². The summed E-state index contributed by atoms with van der Waals surface area (Å²) >= 11 is -0.0301. The minimum absolute atomic E-state index is 0.0301. The fourth-order valence-electron chi connectivity index (χ4n) is 4.98. The maximum atomic E-state index is 13.2. The van der Waals surface area contributed by atoms with Crippen LogP contribution in [0.1, 0.15) is 25.2 Å². The molecule has 2 heterocycles. The first kappa shape index (κ1) is 19.5. The molecule has 6 aromatic rings. The predicted octanol–water partition coefficient (Wildman–Crippen LogP) is 6.46. The summed E-state index contributed by atoms with van der Waals surface area (Å²) in [6.07, 6.45) is 1.81. The second-order valence-corrected chi connectivity index (χ2v) is 10.8. The second-order valence-electron chi connectivity index (χ2n) is 8.51. The van der Waals surface area contributed by atoms with Gasteiger partial charge in [-0.05, 0) is 0 Å². The molecule has 3 nitrogen and oxygen atoms in total. The van der Waals surface area contributed by atoms with Gasteiger partial charge in [0.2, 0.25) is 0 Å². The molecule has 0 saturated heterocycles. The first-order chi connectivity index (χ1) is 16.7. The summed E-state index contributed by atoms with van der Waals surface area (Å²) in [6, 6.07) is 32.6. The van der Waals surface area contributed by atoms with Crippen LogP contribution in [0.2, 0.25) is 0 Å². The van der Waals surface area contributed by atoms with Crippen molar-refractivity contribution in [3.63, 3.8) is 0 Å². The van der Waals surface area contributed by atoms with Crippen LogP contribution in [0.4, 0.5) is 0 Å². The van der Waals surface area contributed by atoms with E-state index >= 15 is 0 Å². The van der Waals surface area contributed by atoms with Gasteiger partial charge < -0.3 is 0 Å². The zero-order valence-electron chi connectivity index (χ0n) is 18.0. The molecule has 160 valence electrons. The fraction of sp³-hybridized carbons (Fsp3) is 0. The molecule has 0 unspecified atom stereocenters. The number of hydrogen-bond donors (Lipinski definition) is 0. The third kappa shape index (κ3) is 2.76. The van der Waals surface area contributed by atoms with Crippen molar-refractivity contribution in [3.8, 4) is 4.56 Å². The van der Waals surface area contributed by atoms with Crippen molar-refractivity contribution in [1.82, 2.24) is 4.57 Å². The predicted molar refractivity (Wildman–Crippen MR) is 138 cm³/mol. The molecule has 1 aliphatic rings. The molecule has 0 atom stereocenters. The van der Waals surface area contributed by atoms with Crippen molar-refractivity contribution in [2.75, 3.05) is 0 Å². The zero-order valence-corrected chi connectivity index (χ0v) is 19.7. The Morgan fingerprint density at radius 3 is 1.74 bits per heavy atom. The molecule has 0 N–H and O–H groups in total. The first-order valence-corrected chi connectivity index (χ1v) is 12.8. The molecule has 0 aliphatic heterocycles. The van der Waals surface area contributed by atoms with Crippen LogP contribution >= 0.6 is 0 Å². The molecule has 7 rings (SSSR count). The number of hydrogen-bond acceptors (Lipinski definition) is 2. The number of Topliss-reactive ketones (excluding diaryl/α,β-unsaturated/α-hetero) is 2. The Morgan fingerprint density at radius 1 is 0.618 bits per heavy atom. The van der Waals surface area contributed by atoms with Crippen molar-refractivity contribution in [2.24, 2.45) is 0 Å². The SMILES string of the molecule is O=C1C(=Cc2ccc(-n3c4ccccc4c4ccccc43)[se]2)C(=O)c2cc3ccccc3cc21. The number of ketones is 2. The molecule has 0 spiro atoms. The summed E-state index contributed by atoms with van der Waals surface area (Å²) in [5.41, 5.74) is 3.64. The molecule has 4 aromatic carbocycles. The summed E-state index contributed by atoms with van der Waals surface area (Å²) in [7, 11) is 0. The van der Waals surface area contributed by atoms with Gasteiger partial charge in [-0.1, -0.05) is 0 Å². The first-order valence-electron chi connectivity index (χ1n) is 11.1. The Bertz CT molecular complexity index is 1740. The van der Waals surface area contributed by atoms with Gasteiger partial charge in [-0.3, -0.25) is 0 Å². The van der Waals surface area contributed by atoms with Crippen LogP contribution in [-0.4, -0.2) is 30.6 Å². The molecule has 0 fully saturated rings. The van der Waals surface area contributed by atoms with E-state index < -0.39 is 0 Å². The Kier molecular flexibility index (Phi) is 4.16. The van der Waals surface area contributed by atoms with Crippen LogP contribution in [0.25, 0.3) is 43.2 Å². The van der Waals surface area contributed by atoms with Crippen LogP contribution in [0, 0.1) is 0 Å². The molecular weight excluding hydrogens is 485 g/mol. The summed E-state index contributed by atoms with van der Waals surface area (Å²) < 4.78 is 4.53. The van der Waals surface area contributed by atoms with E-state index in [0.29, 0.717) is 11.1 Å². The number of aromatic nitrogens is 1. The zero-order chi connectivity index (χ0) is 22.8. The number of carbonyl (C=O) groups is 2. The normalized spacial score (nSPS) is 13.4. The monoisotopic (exact) mass is 503 g/mol. The molecule has 1 aliphatic carbocycles. The van der Waals surface area contributed by atoms with Gasteiger partial charge in [-0.25, -0.2) is 0 Å². The van der Waals surface area contributed by atoms with Crippen LogP contribution < -0.4 is 0 Å². The van der Waals surface area contributed by atoms with E-state index in [-0.39, 0.29) is 31.6 Å². The number of carbonyl (C=O) groups excluding carboxylic acids is 2. The van der Waals surface area contributed by atoms with Gasteiger partial charge in [0.25, 0.3) is 0 Å². The van der Waals surface area contributed by atoms with Gasteiger partial charge in [-0.2, -0.15) is 0 Å². The number of rotatable bonds is 2. The third-order valence-electron chi connectivity index (χ3n) is 6.56. The van der Waals surface area contributed by atoms with Crippen molar-refractivity contribution >= 4 is 64.7 Å². The number of allylic oxidation sites excluding steroid dienone is 1. The topological polar surface area (TPSA) is 39.1 Å². The van der Waals surface area contributed by atoms with Gasteiger partial charge in [0.1, 0.15) is 0 Å². The molecule has 0 bridgehead atoms. The number of nitrogens with zero attached hydrogens (tertiary/aromatic N) is 1. The average Bonchev–Trinajstić information content (AvgIpc) is 3.53. The van der Waals surface area contributed by atoms with Crippen LogP contribution in [0.3, 0.4) is 0 Å². The van der Waals surface area contributed by atoms with Crippen molar-refractivity contribution in [3.05, 3.63) is 118 Å². The van der Waals surface area contributed by atoms with E-state index in [0.717, 1.165) is 15.2 Å². The van der Waals surface area contributed by atoms with Gasteiger partial charge in [0.15, 0.2) is 0 Å². The van der Waals surface area contributed by atoms with E-state index in [1.54, 1.807) is 0 Å². The third-order valence-corrected chi connectivity index (χ3v) is 8.70. The van der Waals surface area contributed by atoms with Crippen LogP contribution in [0.5, 0.6) is 0 Å². The number of benzene rings is 4. The quantitative estimate of drug-likeness (QED) is 0.155. The molecule has 2 aromatic heterocycles. The second kappa shape index (κ2) is 7.26. The summed E-state index contributed by atoms with van der Waals surface area (Å²) in [6.45, 7) is 0. The molecule has 4 heteroatoms. The number of fused-ring (bicyclic) bond motifs is 5. The Labute approximate surface area is 201 Å². The van der Waals surface area contributed by atoms with Gasteiger partial charge in [-0.15, -0.1) is 0 Å². The van der Waals surface area contributed by atoms with Crippen LogP contribution in [-0.2, 0) is 0 Å². The van der Waals surface area contributed by atoms with E-state index in [1.165, 1.54) is 26.4 Å². The summed E-state index contributed by atoms with van der Waals surface area (Å²) in [4.78, 5) is 26.3. The molecule has 0 radical (unpaired) electrons.